The monoisotopic (exact) mass is 356 g/mol. The van der Waals surface area contributed by atoms with Crippen molar-refractivity contribution in [3.8, 4) is 0 Å². The smallest absolute Gasteiger partial charge is 0.257 e. The Morgan fingerprint density at radius 1 is 1.08 bits per heavy atom. The van der Waals surface area contributed by atoms with E-state index in [1.54, 1.807) is 4.90 Å². The summed E-state index contributed by atoms with van der Waals surface area (Å²) in [6, 6.07) is 8.81. The number of imidazole rings is 1. The van der Waals surface area contributed by atoms with Gasteiger partial charge in [0.25, 0.3) is 5.91 Å². The van der Waals surface area contributed by atoms with E-state index in [2.05, 4.69) is 9.88 Å². The molecule has 1 aliphatic heterocycles. The number of hydrogen-bond donors (Lipinski definition) is 0. The summed E-state index contributed by atoms with van der Waals surface area (Å²) >= 11 is 0. The zero-order chi connectivity index (χ0) is 18.1. The van der Waals surface area contributed by atoms with E-state index in [1.165, 1.54) is 0 Å². The average molecular weight is 356 g/mol. The Labute approximate surface area is 149 Å². The summed E-state index contributed by atoms with van der Waals surface area (Å²) in [5.41, 5.74) is 1.66. The van der Waals surface area contributed by atoms with Crippen molar-refractivity contribution >= 4 is 11.6 Å². The van der Waals surface area contributed by atoms with Crippen LogP contribution in [0.4, 0.5) is 8.78 Å². The fourth-order valence-electron chi connectivity index (χ4n) is 3.23. The molecule has 5 nitrogen and oxygen atoms in total. The van der Waals surface area contributed by atoms with Gasteiger partial charge in [0.1, 0.15) is 17.3 Å². The molecule has 3 aromatic rings. The van der Waals surface area contributed by atoms with Crippen LogP contribution in [0.2, 0.25) is 0 Å². The Bertz CT molecular complexity index is 915. The molecule has 0 N–H and O–H groups in total. The molecule has 0 aliphatic carbocycles. The number of amides is 1. The number of pyridine rings is 1. The highest BCUT2D eigenvalue weighted by Crippen LogP contribution is 2.15. The van der Waals surface area contributed by atoms with Crippen LogP contribution in [0.15, 0.2) is 48.8 Å². The minimum absolute atomic E-state index is 0.209. The number of rotatable bonds is 3. The Morgan fingerprint density at radius 3 is 2.65 bits per heavy atom. The highest BCUT2D eigenvalue weighted by molar-refractivity contribution is 5.94. The molecule has 1 aromatic carbocycles. The summed E-state index contributed by atoms with van der Waals surface area (Å²) in [5, 5.41) is 0. The molecule has 2 aromatic heterocycles. The Kier molecular flexibility index (Phi) is 4.38. The van der Waals surface area contributed by atoms with Crippen LogP contribution in [0, 0.1) is 11.6 Å². The predicted octanol–water partition coefficient (Wildman–Crippen LogP) is 2.57. The molecular weight excluding hydrogens is 338 g/mol. The molecule has 1 amide bonds. The maximum absolute atomic E-state index is 13.8. The molecule has 0 spiro atoms. The number of fused-ring (bicyclic) bond motifs is 1. The quantitative estimate of drug-likeness (QED) is 0.724. The van der Waals surface area contributed by atoms with E-state index in [0.29, 0.717) is 32.7 Å². The molecule has 0 bridgehead atoms. The maximum Gasteiger partial charge on any atom is 0.257 e. The van der Waals surface area contributed by atoms with E-state index in [1.807, 2.05) is 35.0 Å². The van der Waals surface area contributed by atoms with Crippen LogP contribution >= 0.6 is 0 Å². The number of aromatic nitrogens is 2. The molecule has 0 saturated carbocycles. The van der Waals surface area contributed by atoms with Crippen molar-refractivity contribution in [2.75, 3.05) is 26.2 Å². The number of carbonyl (C=O) groups excluding carboxylic acids is 1. The molecule has 0 atom stereocenters. The number of halogens is 2. The molecule has 1 fully saturated rings. The van der Waals surface area contributed by atoms with Crippen LogP contribution in [-0.2, 0) is 6.54 Å². The van der Waals surface area contributed by atoms with Crippen molar-refractivity contribution in [3.05, 3.63) is 71.7 Å². The molecule has 26 heavy (non-hydrogen) atoms. The first-order valence-electron chi connectivity index (χ1n) is 8.49. The summed E-state index contributed by atoms with van der Waals surface area (Å²) in [6.45, 7) is 2.97. The fraction of sp³-hybridized carbons (Fsp3) is 0.263. The zero-order valence-electron chi connectivity index (χ0n) is 14.1. The van der Waals surface area contributed by atoms with Gasteiger partial charge in [0.2, 0.25) is 0 Å². The van der Waals surface area contributed by atoms with Crippen molar-refractivity contribution in [1.29, 1.82) is 0 Å². The Morgan fingerprint density at radius 2 is 1.88 bits per heavy atom. The molecule has 0 unspecified atom stereocenters. The van der Waals surface area contributed by atoms with E-state index in [4.69, 9.17) is 0 Å². The Hall–Kier alpha value is -2.80. The summed E-state index contributed by atoms with van der Waals surface area (Å²) in [7, 11) is 0. The van der Waals surface area contributed by atoms with E-state index in [9.17, 15) is 13.6 Å². The van der Waals surface area contributed by atoms with Gasteiger partial charge in [-0.25, -0.2) is 13.8 Å². The third kappa shape index (κ3) is 3.30. The molecule has 0 radical (unpaired) electrons. The minimum Gasteiger partial charge on any atom is -0.336 e. The van der Waals surface area contributed by atoms with Crippen LogP contribution in [0.1, 0.15) is 16.1 Å². The van der Waals surface area contributed by atoms with E-state index >= 15 is 0 Å². The lowest BCUT2D eigenvalue weighted by molar-refractivity contribution is 0.0622. The summed E-state index contributed by atoms with van der Waals surface area (Å²) in [6.07, 6.45) is 3.95. The van der Waals surface area contributed by atoms with Crippen LogP contribution in [0.5, 0.6) is 0 Å². The first-order chi connectivity index (χ1) is 12.6. The molecule has 3 heterocycles. The van der Waals surface area contributed by atoms with E-state index in [-0.39, 0.29) is 5.56 Å². The van der Waals surface area contributed by atoms with Gasteiger partial charge in [-0.3, -0.25) is 9.69 Å². The lowest BCUT2D eigenvalue weighted by atomic mass is 10.1. The predicted molar refractivity (Wildman–Crippen MR) is 92.7 cm³/mol. The third-order valence-electron chi connectivity index (χ3n) is 4.62. The first kappa shape index (κ1) is 16.7. The van der Waals surface area contributed by atoms with Crippen molar-refractivity contribution < 1.29 is 13.6 Å². The first-order valence-corrected chi connectivity index (χ1v) is 8.49. The standard InChI is InChI=1S/C19H18F2N4O/c20-14-4-5-17(21)16(11-14)19(26)24-9-7-23(8-10-24)12-15-13-25-6-2-1-3-18(25)22-15/h1-6,11,13H,7-10,12H2. The lowest BCUT2D eigenvalue weighted by Gasteiger charge is -2.34. The average Bonchev–Trinajstić information content (AvgIpc) is 3.06. The van der Waals surface area contributed by atoms with E-state index in [0.717, 1.165) is 29.5 Å². The van der Waals surface area contributed by atoms with Crippen LogP contribution in [0.3, 0.4) is 0 Å². The van der Waals surface area contributed by atoms with Crippen LogP contribution < -0.4 is 0 Å². The summed E-state index contributed by atoms with van der Waals surface area (Å²) < 4.78 is 29.1. The van der Waals surface area contributed by atoms with Crippen LogP contribution in [0.25, 0.3) is 5.65 Å². The van der Waals surface area contributed by atoms with Crippen molar-refractivity contribution in [3.63, 3.8) is 0 Å². The number of hydrogen-bond acceptors (Lipinski definition) is 3. The number of piperazine rings is 1. The van der Waals surface area contributed by atoms with E-state index < -0.39 is 17.5 Å². The SMILES string of the molecule is O=C(c1cc(F)ccc1F)N1CCN(Cc2cn3ccccc3n2)CC1. The topological polar surface area (TPSA) is 40.9 Å². The van der Waals surface area contributed by atoms with Crippen molar-refractivity contribution in [2.24, 2.45) is 0 Å². The van der Waals surface area contributed by atoms with Crippen molar-refractivity contribution in [1.82, 2.24) is 19.2 Å². The zero-order valence-corrected chi connectivity index (χ0v) is 14.1. The third-order valence-corrected chi connectivity index (χ3v) is 4.62. The molecule has 134 valence electrons. The summed E-state index contributed by atoms with van der Waals surface area (Å²) in [5.74, 6) is -1.77. The number of benzene rings is 1. The van der Waals surface area contributed by atoms with Gasteiger partial charge >= 0.3 is 0 Å². The van der Waals surface area contributed by atoms with Gasteiger partial charge in [-0.1, -0.05) is 6.07 Å². The second-order valence-corrected chi connectivity index (χ2v) is 6.39. The lowest BCUT2D eigenvalue weighted by Crippen LogP contribution is -2.48. The van der Waals surface area contributed by atoms with Crippen molar-refractivity contribution in [2.45, 2.75) is 6.54 Å². The van der Waals surface area contributed by atoms with Gasteiger partial charge in [-0.15, -0.1) is 0 Å². The van der Waals surface area contributed by atoms with Gasteiger partial charge in [-0.2, -0.15) is 0 Å². The van der Waals surface area contributed by atoms with Gasteiger partial charge in [0, 0.05) is 45.1 Å². The van der Waals surface area contributed by atoms with Gasteiger partial charge in [0.05, 0.1) is 11.3 Å². The highest BCUT2D eigenvalue weighted by atomic mass is 19.1. The van der Waals surface area contributed by atoms with Crippen LogP contribution in [-0.4, -0.2) is 51.3 Å². The number of nitrogens with zero attached hydrogens (tertiary/aromatic N) is 4. The second-order valence-electron chi connectivity index (χ2n) is 6.39. The molecule has 4 rings (SSSR count). The van der Waals surface area contributed by atoms with Gasteiger partial charge in [0.15, 0.2) is 0 Å². The normalized spacial score (nSPS) is 15.5. The maximum atomic E-state index is 13.8. The van der Waals surface area contributed by atoms with Gasteiger partial charge < -0.3 is 9.30 Å². The Balaban J connectivity index is 1.39. The fourth-order valence-corrected chi connectivity index (χ4v) is 3.23. The molecule has 1 aliphatic rings. The summed E-state index contributed by atoms with van der Waals surface area (Å²) in [4.78, 5) is 20.8. The highest BCUT2D eigenvalue weighted by Gasteiger charge is 2.24. The number of carbonyl (C=O) groups is 1. The minimum atomic E-state index is -0.691. The largest absolute Gasteiger partial charge is 0.336 e. The molecule has 1 saturated heterocycles. The van der Waals surface area contributed by atoms with Gasteiger partial charge in [-0.05, 0) is 30.3 Å². The molecular formula is C19H18F2N4O. The second kappa shape index (κ2) is 6.84. The molecule has 7 heteroatoms.